The molecule has 0 bridgehead atoms. The zero-order valence-electron chi connectivity index (χ0n) is 10.4. The van der Waals surface area contributed by atoms with Gasteiger partial charge in [0.25, 0.3) is 0 Å². The van der Waals surface area contributed by atoms with Crippen molar-refractivity contribution < 1.29 is 0 Å². The Morgan fingerprint density at radius 1 is 1.41 bits per heavy atom. The molecule has 0 spiro atoms. The van der Waals surface area contributed by atoms with Crippen LogP contribution in [0.4, 0.5) is 0 Å². The summed E-state index contributed by atoms with van der Waals surface area (Å²) in [5.41, 5.74) is 0. The van der Waals surface area contributed by atoms with Crippen molar-refractivity contribution in [3.05, 3.63) is 16.6 Å². The summed E-state index contributed by atoms with van der Waals surface area (Å²) in [6, 6.07) is 2.02. The summed E-state index contributed by atoms with van der Waals surface area (Å²) < 4.78 is 0. The Hall–Kier alpha value is -0.450. The van der Waals surface area contributed by atoms with Crippen LogP contribution in [0.2, 0.25) is 0 Å². The first-order valence-electron chi connectivity index (χ1n) is 6.72. The van der Waals surface area contributed by atoms with E-state index in [1.807, 2.05) is 6.20 Å². The highest BCUT2D eigenvalue weighted by Gasteiger charge is 2.29. The summed E-state index contributed by atoms with van der Waals surface area (Å²) in [6.07, 6.45) is 7.36. The van der Waals surface area contributed by atoms with E-state index in [2.05, 4.69) is 27.5 Å². The van der Waals surface area contributed by atoms with Crippen molar-refractivity contribution in [2.24, 2.45) is 0 Å². The second-order valence-corrected chi connectivity index (χ2v) is 6.25. The Balaban J connectivity index is 1.58. The molecule has 1 saturated carbocycles. The molecular formula is C13H21N3S. The molecule has 3 nitrogen and oxygen atoms in total. The van der Waals surface area contributed by atoms with Gasteiger partial charge in [0.2, 0.25) is 0 Å². The Labute approximate surface area is 107 Å². The molecule has 2 fully saturated rings. The molecule has 2 unspecified atom stereocenters. The molecular weight excluding hydrogens is 230 g/mol. The van der Waals surface area contributed by atoms with Gasteiger partial charge in [0.15, 0.2) is 0 Å². The molecule has 1 aromatic heterocycles. The summed E-state index contributed by atoms with van der Waals surface area (Å²) >= 11 is 1.78. The van der Waals surface area contributed by atoms with Crippen LogP contribution in [0.1, 0.15) is 43.7 Å². The molecule has 0 aromatic carbocycles. The summed E-state index contributed by atoms with van der Waals surface area (Å²) in [7, 11) is 0. The second-order valence-electron chi connectivity index (χ2n) is 5.32. The highest BCUT2D eigenvalue weighted by molar-refractivity contribution is 7.09. The van der Waals surface area contributed by atoms with Gasteiger partial charge in [-0.25, -0.2) is 4.98 Å². The number of nitrogens with zero attached hydrogens (tertiary/aromatic N) is 2. The fourth-order valence-corrected chi connectivity index (χ4v) is 3.40. The van der Waals surface area contributed by atoms with Gasteiger partial charge in [-0.05, 0) is 39.2 Å². The summed E-state index contributed by atoms with van der Waals surface area (Å²) in [4.78, 5) is 7.03. The number of hydrogen-bond acceptors (Lipinski definition) is 4. The van der Waals surface area contributed by atoms with E-state index in [-0.39, 0.29) is 0 Å². The quantitative estimate of drug-likeness (QED) is 0.891. The van der Waals surface area contributed by atoms with Gasteiger partial charge in [-0.15, -0.1) is 11.3 Å². The van der Waals surface area contributed by atoms with Gasteiger partial charge < -0.3 is 5.32 Å². The minimum absolute atomic E-state index is 0.485. The van der Waals surface area contributed by atoms with Crippen LogP contribution >= 0.6 is 11.3 Å². The first-order valence-corrected chi connectivity index (χ1v) is 7.60. The van der Waals surface area contributed by atoms with Gasteiger partial charge in [-0.1, -0.05) is 0 Å². The van der Waals surface area contributed by atoms with Gasteiger partial charge in [0, 0.05) is 30.2 Å². The molecule has 0 amide bonds. The van der Waals surface area contributed by atoms with E-state index in [1.165, 1.54) is 43.8 Å². The molecule has 1 N–H and O–H groups in total. The molecule has 1 aliphatic heterocycles. The maximum atomic E-state index is 4.45. The molecule has 1 aromatic rings. The van der Waals surface area contributed by atoms with Gasteiger partial charge in [-0.2, -0.15) is 0 Å². The predicted molar refractivity (Wildman–Crippen MR) is 71.3 cm³/mol. The SMILES string of the molecule is CC(c1nccs1)N1CCCC(NC2CC2)C1. The summed E-state index contributed by atoms with van der Waals surface area (Å²) in [5, 5.41) is 7.10. The van der Waals surface area contributed by atoms with Crippen molar-refractivity contribution in [2.45, 2.75) is 50.7 Å². The highest BCUT2D eigenvalue weighted by Crippen LogP contribution is 2.27. The average Bonchev–Trinajstić information content (AvgIpc) is 2.99. The van der Waals surface area contributed by atoms with E-state index < -0.39 is 0 Å². The largest absolute Gasteiger partial charge is 0.310 e. The fourth-order valence-electron chi connectivity index (χ4n) is 2.67. The van der Waals surface area contributed by atoms with Crippen LogP contribution in [0.15, 0.2) is 11.6 Å². The number of aromatic nitrogens is 1. The van der Waals surface area contributed by atoms with Crippen LogP contribution in [0.3, 0.4) is 0 Å². The molecule has 2 heterocycles. The van der Waals surface area contributed by atoms with Crippen LogP contribution < -0.4 is 5.32 Å². The third-order valence-electron chi connectivity index (χ3n) is 3.86. The first kappa shape index (κ1) is 11.6. The highest BCUT2D eigenvalue weighted by atomic mass is 32.1. The number of piperidine rings is 1. The Morgan fingerprint density at radius 2 is 2.29 bits per heavy atom. The molecule has 1 saturated heterocycles. The third-order valence-corrected chi connectivity index (χ3v) is 4.80. The number of thiazole rings is 1. The van der Waals surface area contributed by atoms with Crippen molar-refractivity contribution in [1.29, 1.82) is 0 Å². The zero-order chi connectivity index (χ0) is 11.7. The first-order chi connectivity index (χ1) is 8.33. The van der Waals surface area contributed by atoms with E-state index in [9.17, 15) is 0 Å². The zero-order valence-corrected chi connectivity index (χ0v) is 11.2. The van der Waals surface area contributed by atoms with Crippen molar-refractivity contribution in [3.63, 3.8) is 0 Å². The van der Waals surface area contributed by atoms with Crippen LogP contribution in [0, 0.1) is 0 Å². The van der Waals surface area contributed by atoms with Crippen LogP contribution in [-0.2, 0) is 0 Å². The smallest absolute Gasteiger partial charge is 0.109 e. The monoisotopic (exact) mass is 251 g/mol. The van der Waals surface area contributed by atoms with Crippen LogP contribution in [-0.4, -0.2) is 35.1 Å². The second kappa shape index (κ2) is 5.04. The normalized spacial score (nSPS) is 28.2. The van der Waals surface area contributed by atoms with Crippen LogP contribution in [0.25, 0.3) is 0 Å². The minimum Gasteiger partial charge on any atom is -0.310 e. The van der Waals surface area contributed by atoms with Gasteiger partial charge in [-0.3, -0.25) is 4.90 Å². The molecule has 4 heteroatoms. The molecule has 2 atom stereocenters. The molecule has 2 aliphatic rings. The van der Waals surface area contributed by atoms with Crippen molar-refractivity contribution >= 4 is 11.3 Å². The number of rotatable bonds is 4. The topological polar surface area (TPSA) is 28.2 Å². The Bertz CT molecular complexity index is 348. The third kappa shape index (κ3) is 2.87. The number of likely N-dealkylation sites (tertiary alicyclic amines) is 1. The van der Waals surface area contributed by atoms with E-state index in [4.69, 9.17) is 0 Å². The van der Waals surface area contributed by atoms with Crippen molar-refractivity contribution in [3.8, 4) is 0 Å². The lowest BCUT2D eigenvalue weighted by Gasteiger charge is -2.36. The maximum Gasteiger partial charge on any atom is 0.109 e. The summed E-state index contributed by atoms with van der Waals surface area (Å²) in [5.74, 6) is 0. The van der Waals surface area contributed by atoms with E-state index in [1.54, 1.807) is 11.3 Å². The molecule has 0 radical (unpaired) electrons. The van der Waals surface area contributed by atoms with Gasteiger partial charge in [0.05, 0.1) is 6.04 Å². The standard InChI is InChI=1S/C13H21N3S/c1-10(13-14-6-8-17-13)16-7-2-3-12(9-16)15-11-4-5-11/h6,8,10-12,15H,2-5,7,9H2,1H3. The van der Waals surface area contributed by atoms with E-state index in [0.717, 1.165) is 6.04 Å². The lowest BCUT2D eigenvalue weighted by molar-refractivity contribution is 0.145. The van der Waals surface area contributed by atoms with Crippen molar-refractivity contribution in [1.82, 2.24) is 15.2 Å². The Morgan fingerprint density at radius 3 is 3.00 bits per heavy atom. The van der Waals surface area contributed by atoms with Gasteiger partial charge in [0.1, 0.15) is 5.01 Å². The van der Waals surface area contributed by atoms with E-state index in [0.29, 0.717) is 12.1 Å². The van der Waals surface area contributed by atoms with Crippen LogP contribution in [0.5, 0.6) is 0 Å². The minimum atomic E-state index is 0.485. The molecule has 3 rings (SSSR count). The number of nitrogens with one attached hydrogen (secondary N) is 1. The molecule has 1 aliphatic carbocycles. The fraction of sp³-hybridized carbons (Fsp3) is 0.769. The van der Waals surface area contributed by atoms with E-state index >= 15 is 0 Å². The number of hydrogen-bond donors (Lipinski definition) is 1. The summed E-state index contributed by atoms with van der Waals surface area (Å²) in [6.45, 7) is 4.71. The predicted octanol–water partition coefficient (Wildman–Crippen LogP) is 2.42. The van der Waals surface area contributed by atoms with Gasteiger partial charge >= 0.3 is 0 Å². The molecule has 17 heavy (non-hydrogen) atoms. The maximum absolute atomic E-state index is 4.45. The lowest BCUT2D eigenvalue weighted by atomic mass is 10.0. The Kier molecular flexibility index (Phi) is 3.45. The molecule has 94 valence electrons. The van der Waals surface area contributed by atoms with Crippen molar-refractivity contribution in [2.75, 3.05) is 13.1 Å². The lowest BCUT2D eigenvalue weighted by Crippen LogP contribution is -2.47. The average molecular weight is 251 g/mol.